The van der Waals surface area contributed by atoms with E-state index in [9.17, 15) is 14.4 Å². The summed E-state index contributed by atoms with van der Waals surface area (Å²) >= 11 is 0. The van der Waals surface area contributed by atoms with Gasteiger partial charge >= 0.3 is 11.9 Å². The molecule has 4 rings (SSSR count). The van der Waals surface area contributed by atoms with Crippen LogP contribution in [0.3, 0.4) is 0 Å². The molecule has 38 heavy (non-hydrogen) atoms. The van der Waals surface area contributed by atoms with Gasteiger partial charge in [0.25, 0.3) is 0 Å². The topological polar surface area (TPSA) is 125 Å². The third-order valence-electron chi connectivity index (χ3n) is 6.52. The molecule has 1 amide bonds. The predicted octanol–water partition coefficient (Wildman–Crippen LogP) is 4.58. The minimum atomic E-state index is -1.26. The van der Waals surface area contributed by atoms with Gasteiger partial charge in [-0.1, -0.05) is 30.3 Å². The molecule has 0 aromatic heterocycles. The summed E-state index contributed by atoms with van der Waals surface area (Å²) in [6.07, 6.45) is 7.93. The van der Waals surface area contributed by atoms with E-state index in [-0.39, 0.29) is 17.9 Å². The van der Waals surface area contributed by atoms with Crippen molar-refractivity contribution >= 4 is 23.5 Å². The summed E-state index contributed by atoms with van der Waals surface area (Å²) in [6, 6.07) is 16.1. The summed E-state index contributed by atoms with van der Waals surface area (Å²) in [7, 11) is 1.65. The van der Waals surface area contributed by atoms with Crippen molar-refractivity contribution in [3.63, 3.8) is 0 Å². The number of methoxy groups -OCH3 is 1. The summed E-state index contributed by atoms with van der Waals surface area (Å²) in [4.78, 5) is 34.5. The van der Waals surface area contributed by atoms with Crippen LogP contribution in [0, 0.1) is 5.92 Å². The van der Waals surface area contributed by atoms with E-state index in [2.05, 4.69) is 34.5 Å². The fourth-order valence-electron chi connectivity index (χ4n) is 4.67. The molecule has 1 aliphatic carbocycles. The number of ether oxygens (including phenoxy) is 2. The molecule has 1 saturated heterocycles. The molecule has 1 heterocycles. The number of nitrogens with zero attached hydrogens (tertiary/aromatic N) is 1. The first-order chi connectivity index (χ1) is 18.3. The van der Waals surface area contributed by atoms with Crippen LogP contribution in [-0.2, 0) is 20.9 Å². The third kappa shape index (κ3) is 9.55. The Balaban J connectivity index is 0.000000436. The Hall–Kier alpha value is -3.85. The summed E-state index contributed by atoms with van der Waals surface area (Å²) in [5, 5.41) is 18.7. The van der Waals surface area contributed by atoms with E-state index in [4.69, 9.17) is 19.7 Å². The number of carbonyl (C=O) groups excluding carboxylic acids is 1. The first-order valence-corrected chi connectivity index (χ1v) is 12.9. The van der Waals surface area contributed by atoms with Crippen molar-refractivity contribution in [1.82, 2.24) is 4.90 Å². The zero-order valence-electron chi connectivity index (χ0n) is 21.7. The number of anilines is 1. The van der Waals surface area contributed by atoms with Crippen LogP contribution >= 0.6 is 0 Å². The van der Waals surface area contributed by atoms with Gasteiger partial charge in [0.2, 0.25) is 5.91 Å². The molecule has 2 fully saturated rings. The second-order valence-corrected chi connectivity index (χ2v) is 9.45. The molecule has 2 aliphatic rings. The fraction of sp³-hybridized carbons (Fsp3) is 0.414. The maximum atomic E-state index is 13.0. The molecule has 1 atom stereocenters. The van der Waals surface area contributed by atoms with E-state index in [1.807, 2.05) is 24.3 Å². The van der Waals surface area contributed by atoms with E-state index >= 15 is 0 Å². The summed E-state index contributed by atoms with van der Waals surface area (Å²) in [5.74, 6) is -0.989. The number of nitrogens with one attached hydrogen (secondary N) is 1. The number of benzene rings is 2. The minimum Gasteiger partial charge on any atom is -0.493 e. The number of amides is 1. The van der Waals surface area contributed by atoms with Gasteiger partial charge in [0.15, 0.2) is 11.5 Å². The van der Waals surface area contributed by atoms with Crippen LogP contribution in [0.15, 0.2) is 60.7 Å². The standard InChI is InChI=1S/C25H32N2O3.C4H4O4/c1-29-23-14-13-21(16-24(23)30-22-11-5-6-12-22)26-25(28)20-10-7-15-27(18-20)17-19-8-3-2-4-9-19;5-3(6)1-2-4(7)8/h2-4,8-9,13-14,16,20,22H,5-7,10-12,15,17-18H2,1H3,(H,26,28);1-2H,(H,5,6)(H,7,8). The van der Waals surface area contributed by atoms with Crippen LogP contribution in [0.2, 0.25) is 0 Å². The quantitative estimate of drug-likeness (QED) is 0.407. The molecule has 9 nitrogen and oxygen atoms in total. The highest BCUT2D eigenvalue weighted by atomic mass is 16.5. The molecule has 3 N–H and O–H groups in total. The van der Waals surface area contributed by atoms with Gasteiger partial charge in [0.1, 0.15) is 0 Å². The van der Waals surface area contributed by atoms with Gasteiger partial charge in [-0.25, -0.2) is 9.59 Å². The molecule has 2 aromatic rings. The number of likely N-dealkylation sites (tertiary alicyclic amines) is 1. The van der Waals surface area contributed by atoms with Crippen molar-refractivity contribution in [3.8, 4) is 11.5 Å². The lowest BCUT2D eigenvalue weighted by Gasteiger charge is -2.32. The van der Waals surface area contributed by atoms with E-state index in [1.54, 1.807) is 7.11 Å². The Labute approximate surface area is 223 Å². The van der Waals surface area contributed by atoms with Crippen molar-refractivity contribution in [2.24, 2.45) is 5.92 Å². The number of carboxylic acid groups (broad SMARTS) is 2. The maximum Gasteiger partial charge on any atom is 0.328 e. The van der Waals surface area contributed by atoms with Gasteiger partial charge in [-0.05, 0) is 62.8 Å². The highest BCUT2D eigenvalue weighted by Crippen LogP contribution is 2.34. The molecule has 0 radical (unpaired) electrons. The van der Waals surface area contributed by atoms with Gasteiger partial charge in [-0.15, -0.1) is 0 Å². The van der Waals surface area contributed by atoms with Gasteiger partial charge < -0.3 is 25.0 Å². The monoisotopic (exact) mass is 524 g/mol. The van der Waals surface area contributed by atoms with Crippen molar-refractivity contribution in [1.29, 1.82) is 0 Å². The Kier molecular flexibility index (Phi) is 11.2. The van der Waals surface area contributed by atoms with Gasteiger partial charge in [-0.3, -0.25) is 9.69 Å². The number of carbonyl (C=O) groups is 3. The van der Waals surface area contributed by atoms with Crippen LogP contribution in [0.1, 0.15) is 44.1 Å². The van der Waals surface area contributed by atoms with Crippen LogP contribution in [-0.4, -0.2) is 59.3 Å². The van der Waals surface area contributed by atoms with Crippen LogP contribution in [0.25, 0.3) is 0 Å². The van der Waals surface area contributed by atoms with Gasteiger partial charge in [-0.2, -0.15) is 0 Å². The number of hydrogen-bond donors (Lipinski definition) is 3. The predicted molar refractivity (Wildman–Crippen MR) is 143 cm³/mol. The molecule has 2 aromatic carbocycles. The minimum absolute atomic E-state index is 0.00349. The summed E-state index contributed by atoms with van der Waals surface area (Å²) in [5.41, 5.74) is 2.07. The number of rotatable bonds is 9. The number of carboxylic acids is 2. The van der Waals surface area contributed by atoms with Crippen molar-refractivity contribution < 1.29 is 34.1 Å². The van der Waals surface area contributed by atoms with Gasteiger partial charge in [0.05, 0.1) is 19.1 Å². The van der Waals surface area contributed by atoms with Crippen molar-refractivity contribution in [2.45, 2.75) is 51.2 Å². The van der Waals surface area contributed by atoms with Gasteiger partial charge in [0, 0.05) is 37.0 Å². The highest BCUT2D eigenvalue weighted by molar-refractivity contribution is 5.93. The van der Waals surface area contributed by atoms with Crippen LogP contribution in [0.4, 0.5) is 5.69 Å². The SMILES string of the molecule is COc1ccc(NC(=O)C2CCCN(Cc3ccccc3)C2)cc1OC1CCCC1.O=C(O)C=CC(=O)O. The first-order valence-electron chi connectivity index (χ1n) is 12.9. The fourth-order valence-corrected chi connectivity index (χ4v) is 4.67. The highest BCUT2D eigenvalue weighted by Gasteiger charge is 2.26. The zero-order chi connectivity index (χ0) is 27.3. The third-order valence-corrected chi connectivity index (χ3v) is 6.52. The number of piperidine rings is 1. The Bertz CT molecular complexity index is 1080. The lowest BCUT2D eigenvalue weighted by molar-refractivity contribution is -0.134. The summed E-state index contributed by atoms with van der Waals surface area (Å²) < 4.78 is 11.6. The van der Waals surface area contributed by atoms with E-state index in [0.29, 0.717) is 17.9 Å². The molecule has 0 bridgehead atoms. The van der Waals surface area contributed by atoms with E-state index in [0.717, 1.165) is 56.8 Å². The van der Waals surface area contributed by atoms with Crippen LogP contribution < -0.4 is 14.8 Å². The van der Waals surface area contributed by atoms with E-state index in [1.165, 1.54) is 18.4 Å². The first kappa shape index (κ1) is 28.7. The van der Waals surface area contributed by atoms with E-state index < -0.39 is 11.9 Å². The molecular formula is C29H36N2O7. The Morgan fingerprint density at radius 2 is 1.63 bits per heavy atom. The molecule has 1 saturated carbocycles. The maximum absolute atomic E-state index is 13.0. The average Bonchev–Trinajstić information content (AvgIpc) is 3.42. The largest absolute Gasteiger partial charge is 0.493 e. The molecule has 204 valence electrons. The van der Waals surface area contributed by atoms with Crippen molar-refractivity contribution in [2.75, 3.05) is 25.5 Å². The molecule has 1 aliphatic heterocycles. The number of hydrogen-bond acceptors (Lipinski definition) is 6. The second kappa shape index (κ2) is 14.8. The Morgan fingerprint density at radius 3 is 2.26 bits per heavy atom. The lowest BCUT2D eigenvalue weighted by Crippen LogP contribution is -2.40. The molecular weight excluding hydrogens is 488 g/mol. The second-order valence-electron chi connectivity index (χ2n) is 9.45. The number of aliphatic carboxylic acids is 2. The average molecular weight is 525 g/mol. The summed E-state index contributed by atoms with van der Waals surface area (Å²) in [6.45, 7) is 2.73. The van der Waals surface area contributed by atoms with Crippen molar-refractivity contribution in [3.05, 3.63) is 66.2 Å². The zero-order valence-corrected chi connectivity index (χ0v) is 21.7. The smallest absolute Gasteiger partial charge is 0.328 e. The molecule has 9 heteroatoms. The van der Waals surface area contributed by atoms with Crippen LogP contribution in [0.5, 0.6) is 11.5 Å². The molecule has 1 unspecified atom stereocenters. The lowest BCUT2D eigenvalue weighted by atomic mass is 9.96. The normalized spacial score (nSPS) is 17.9. The molecule has 0 spiro atoms. The Morgan fingerprint density at radius 1 is 0.947 bits per heavy atom.